The lowest BCUT2D eigenvalue weighted by molar-refractivity contribution is 0.180. The number of piperidine rings is 1. The molecule has 2 aliphatic rings. The van der Waals surface area contributed by atoms with Crippen molar-refractivity contribution in [2.75, 3.05) is 26.2 Å². The number of hydrogen-bond acceptors (Lipinski definition) is 3. The van der Waals surface area contributed by atoms with Gasteiger partial charge < -0.3 is 15.8 Å². The topological polar surface area (TPSA) is 62.9 Å². The van der Waals surface area contributed by atoms with Crippen LogP contribution in [0.5, 0.6) is 5.75 Å². The highest BCUT2D eigenvalue weighted by Crippen LogP contribution is 2.31. The zero-order valence-electron chi connectivity index (χ0n) is 17.3. The van der Waals surface area contributed by atoms with Crippen molar-refractivity contribution < 1.29 is 4.74 Å². The molecule has 2 aromatic rings. The molecule has 0 amide bonds. The predicted molar refractivity (Wildman–Crippen MR) is 118 cm³/mol. The number of hydrogen-bond donors (Lipinski definition) is 2. The van der Waals surface area contributed by atoms with Crippen molar-refractivity contribution in [1.29, 1.82) is 0 Å². The van der Waals surface area contributed by atoms with Crippen LogP contribution < -0.4 is 15.8 Å². The fraction of sp³-hybridized carbons (Fsp3) is 0.458. The Kier molecular flexibility index (Phi) is 6.35. The molecule has 0 aromatic heterocycles. The van der Waals surface area contributed by atoms with Gasteiger partial charge in [-0.1, -0.05) is 48.0 Å². The van der Waals surface area contributed by atoms with E-state index in [9.17, 15) is 0 Å². The number of ether oxygens (including phenoxy) is 1. The van der Waals surface area contributed by atoms with Gasteiger partial charge in [0.05, 0.1) is 12.6 Å². The average Bonchev–Trinajstić information content (AvgIpc) is 2.75. The van der Waals surface area contributed by atoms with Crippen LogP contribution in [0.25, 0.3) is 0 Å². The van der Waals surface area contributed by atoms with Crippen LogP contribution in [-0.4, -0.2) is 37.1 Å². The summed E-state index contributed by atoms with van der Waals surface area (Å²) in [5, 5.41) is 3.40. The van der Waals surface area contributed by atoms with Crippen LogP contribution in [0.3, 0.4) is 0 Å². The Morgan fingerprint density at radius 2 is 1.86 bits per heavy atom. The van der Waals surface area contributed by atoms with Gasteiger partial charge in [0.2, 0.25) is 0 Å². The van der Waals surface area contributed by atoms with E-state index in [2.05, 4.69) is 52.5 Å². The minimum Gasteiger partial charge on any atom is -0.493 e. The van der Waals surface area contributed by atoms with Crippen molar-refractivity contribution >= 4 is 5.96 Å². The first kappa shape index (κ1) is 19.8. The predicted octanol–water partition coefficient (Wildman–Crippen LogP) is 3.64. The molecule has 5 nitrogen and oxygen atoms in total. The second-order valence-electron chi connectivity index (χ2n) is 8.30. The monoisotopic (exact) mass is 392 g/mol. The van der Waals surface area contributed by atoms with E-state index >= 15 is 0 Å². The van der Waals surface area contributed by atoms with E-state index in [4.69, 9.17) is 10.5 Å². The van der Waals surface area contributed by atoms with E-state index in [1.807, 2.05) is 18.2 Å². The Hall–Kier alpha value is -2.53. The Bertz CT molecular complexity index is 825. The number of fused-ring (bicyclic) bond motifs is 1. The summed E-state index contributed by atoms with van der Waals surface area (Å²) in [7, 11) is 0. The van der Waals surface area contributed by atoms with E-state index in [0.717, 1.165) is 38.3 Å². The fourth-order valence-electron chi connectivity index (χ4n) is 4.22. The van der Waals surface area contributed by atoms with Crippen molar-refractivity contribution in [2.45, 2.75) is 38.8 Å². The van der Waals surface area contributed by atoms with Crippen LogP contribution in [0.15, 0.2) is 53.5 Å². The van der Waals surface area contributed by atoms with Crippen LogP contribution in [0.1, 0.15) is 42.0 Å². The molecular weight excluding hydrogens is 360 g/mol. The van der Waals surface area contributed by atoms with Crippen molar-refractivity contribution in [3.8, 4) is 5.75 Å². The Balaban J connectivity index is 1.23. The molecule has 2 aliphatic heterocycles. The second kappa shape index (κ2) is 9.31. The highest BCUT2D eigenvalue weighted by atomic mass is 16.5. The number of para-hydroxylation sites is 1. The first-order valence-electron chi connectivity index (χ1n) is 10.7. The molecule has 154 valence electrons. The van der Waals surface area contributed by atoms with E-state index in [-0.39, 0.29) is 6.04 Å². The molecule has 1 saturated heterocycles. The van der Waals surface area contributed by atoms with Gasteiger partial charge in [0.25, 0.3) is 0 Å². The lowest BCUT2D eigenvalue weighted by Gasteiger charge is -2.31. The van der Waals surface area contributed by atoms with E-state index in [1.54, 1.807) is 0 Å². The molecule has 0 radical (unpaired) electrons. The summed E-state index contributed by atoms with van der Waals surface area (Å²) in [6.45, 7) is 6.97. The van der Waals surface area contributed by atoms with E-state index in [1.165, 1.54) is 29.5 Å². The number of likely N-dealkylation sites (tertiary alicyclic amines) is 1. The summed E-state index contributed by atoms with van der Waals surface area (Å²) in [4.78, 5) is 7.20. The van der Waals surface area contributed by atoms with Gasteiger partial charge >= 0.3 is 0 Å². The Morgan fingerprint density at radius 3 is 2.66 bits per heavy atom. The average molecular weight is 393 g/mol. The van der Waals surface area contributed by atoms with Crippen molar-refractivity contribution in [2.24, 2.45) is 16.6 Å². The molecule has 0 spiro atoms. The first-order chi connectivity index (χ1) is 14.2. The minimum atomic E-state index is 0.181. The third-order valence-corrected chi connectivity index (χ3v) is 6.03. The van der Waals surface area contributed by atoms with Crippen LogP contribution in [0.2, 0.25) is 0 Å². The van der Waals surface area contributed by atoms with Gasteiger partial charge in [0, 0.05) is 25.1 Å². The molecule has 1 atom stereocenters. The highest BCUT2D eigenvalue weighted by molar-refractivity contribution is 5.78. The maximum atomic E-state index is 6.21. The molecule has 4 rings (SSSR count). The van der Waals surface area contributed by atoms with Crippen LogP contribution in [0.4, 0.5) is 0 Å². The van der Waals surface area contributed by atoms with Crippen LogP contribution in [-0.2, 0) is 6.54 Å². The lowest BCUT2D eigenvalue weighted by atomic mass is 9.96. The summed E-state index contributed by atoms with van der Waals surface area (Å²) in [6, 6.07) is 17.2. The summed E-state index contributed by atoms with van der Waals surface area (Å²) in [6.07, 6.45) is 3.27. The number of rotatable bonds is 5. The molecule has 2 aromatic carbocycles. The zero-order chi connectivity index (χ0) is 20.1. The number of aliphatic imine (C=N–C) groups is 1. The molecule has 0 aliphatic carbocycles. The molecule has 0 saturated carbocycles. The van der Waals surface area contributed by atoms with Gasteiger partial charge in [-0.05, 0) is 50.4 Å². The standard InChI is InChI=1S/C24H32N4O/c1-18-6-8-20(9-7-18)17-28-13-10-19(11-14-28)16-26-24(25)27-22-12-15-29-23-5-3-2-4-21(22)23/h2-9,19,22H,10-17H2,1H3,(H3,25,26,27). The van der Waals surface area contributed by atoms with Crippen molar-refractivity contribution in [3.63, 3.8) is 0 Å². The Morgan fingerprint density at radius 1 is 1.10 bits per heavy atom. The maximum Gasteiger partial charge on any atom is 0.189 e. The molecule has 2 heterocycles. The third-order valence-electron chi connectivity index (χ3n) is 6.03. The van der Waals surface area contributed by atoms with Gasteiger partial charge in [-0.3, -0.25) is 9.89 Å². The van der Waals surface area contributed by atoms with Crippen molar-refractivity contribution in [1.82, 2.24) is 10.2 Å². The molecular formula is C24H32N4O. The first-order valence-corrected chi connectivity index (χ1v) is 10.7. The van der Waals surface area contributed by atoms with E-state index < -0.39 is 0 Å². The zero-order valence-corrected chi connectivity index (χ0v) is 17.3. The number of benzene rings is 2. The van der Waals surface area contributed by atoms with Gasteiger partial charge in [0.1, 0.15) is 5.75 Å². The number of guanidine groups is 1. The third kappa shape index (κ3) is 5.30. The largest absolute Gasteiger partial charge is 0.493 e. The second-order valence-corrected chi connectivity index (χ2v) is 8.30. The number of nitrogens with zero attached hydrogens (tertiary/aromatic N) is 2. The van der Waals surface area contributed by atoms with Gasteiger partial charge in [-0.25, -0.2) is 0 Å². The highest BCUT2D eigenvalue weighted by Gasteiger charge is 2.22. The summed E-state index contributed by atoms with van der Waals surface area (Å²) in [5.41, 5.74) is 10.1. The normalized spacial score (nSPS) is 20.7. The van der Waals surface area contributed by atoms with Gasteiger partial charge in [0.15, 0.2) is 5.96 Å². The van der Waals surface area contributed by atoms with E-state index in [0.29, 0.717) is 18.5 Å². The molecule has 3 N–H and O–H groups in total. The SMILES string of the molecule is Cc1ccc(CN2CCC(CN=C(N)NC3CCOc4ccccc43)CC2)cc1. The summed E-state index contributed by atoms with van der Waals surface area (Å²) in [5.74, 6) is 2.12. The van der Waals surface area contributed by atoms with Gasteiger partial charge in [-0.15, -0.1) is 0 Å². The maximum absolute atomic E-state index is 6.21. The Labute approximate surface area is 174 Å². The minimum absolute atomic E-state index is 0.181. The molecule has 5 heteroatoms. The molecule has 29 heavy (non-hydrogen) atoms. The molecule has 1 unspecified atom stereocenters. The fourth-order valence-corrected chi connectivity index (χ4v) is 4.22. The molecule has 1 fully saturated rings. The van der Waals surface area contributed by atoms with Gasteiger partial charge in [-0.2, -0.15) is 0 Å². The van der Waals surface area contributed by atoms with Crippen LogP contribution in [0, 0.1) is 12.8 Å². The summed E-state index contributed by atoms with van der Waals surface area (Å²) < 4.78 is 5.72. The lowest BCUT2D eigenvalue weighted by Crippen LogP contribution is -2.38. The molecule has 0 bridgehead atoms. The number of nitrogens with one attached hydrogen (secondary N) is 1. The number of aryl methyl sites for hydroxylation is 1. The smallest absolute Gasteiger partial charge is 0.189 e. The quantitative estimate of drug-likeness (QED) is 0.602. The van der Waals surface area contributed by atoms with Crippen LogP contribution >= 0.6 is 0 Å². The number of nitrogens with two attached hydrogens (primary N) is 1. The van der Waals surface area contributed by atoms with Crippen molar-refractivity contribution in [3.05, 3.63) is 65.2 Å². The summed E-state index contributed by atoms with van der Waals surface area (Å²) >= 11 is 0.